The third-order valence-corrected chi connectivity index (χ3v) is 20.2. The van der Waals surface area contributed by atoms with Crippen molar-refractivity contribution in [3.8, 4) is 113 Å². The molecule has 0 saturated heterocycles. The normalized spacial score (nSPS) is 11.6. The van der Waals surface area contributed by atoms with E-state index < -0.39 is 0 Å². The van der Waals surface area contributed by atoms with Crippen molar-refractivity contribution in [2.24, 2.45) is 0 Å². The zero-order valence-corrected chi connectivity index (χ0v) is 57.0. The number of fused-ring (bicyclic) bond motifs is 12. The molecule has 0 atom stereocenters. The van der Waals surface area contributed by atoms with Gasteiger partial charge in [0, 0.05) is 65.3 Å². The fourth-order valence-electron chi connectivity index (χ4n) is 14.9. The summed E-state index contributed by atoms with van der Waals surface area (Å²) in [7, 11) is 0. The van der Waals surface area contributed by atoms with E-state index in [-0.39, 0.29) is 0 Å². The molecule has 6 aromatic heterocycles. The molecule has 0 aliphatic carbocycles. The molecule has 0 bridgehead atoms. The van der Waals surface area contributed by atoms with E-state index in [9.17, 15) is 0 Å². The lowest BCUT2D eigenvalue weighted by Gasteiger charge is -2.12. The van der Waals surface area contributed by atoms with Crippen LogP contribution in [0.3, 0.4) is 0 Å². The van der Waals surface area contributed by atoms with Crippen molar-refractivity contribution in [3.05, 3.63) is 364 Å². The fourth-order valence-corrected chi connectivity index (χ4v) is 14.9. The second kappa shape index (κ2) is 25.8. The zero-order chi connectivity index (χ0) is 70.0. The van der Waals surface area contributed by atoms with E-state index in [4.69, 9.17) is 38.7 Å². The van der Waals surface area contributed by atoms with Gasteiger partial charge >= 0.3 is 0 Å². The van der Waals surface area contributed by atoms with Crippen molar-refractivity contribution < 1.29 is 8.83 Å². The highest BCUT2D eigenvalue weighted by Crippen LogP contribution is 2.41. The lowest BCUT2D eigenvalue weighted by molar-refractivity contribution is 0.668. The monoisotopic (exact) mass is 1360 g/mol. The molecule has 6 heterocycles. The van der Waals surface area contributed by atoms with Crippen LogP contribution in [0.4, 0.5) is 0 Å². The minimum Gasteiger partial charge on any atom is -0.456 e. The van der Waals surface area contributed by atoms with Gasteiger partial charge in [0.25, 0.3) is 0 Å². The fraction of sp³-hybridized carbons (Fsp3) is 0. The third kappa shape index (κ3) is 11.1. The lowest BCUT2D eigenvalue weighted by atomic mass is 10.0. The predicted molar refractivity (Wildman–Crippen MR) is 432 cm³/mol. The van der Waals surface area contributed by atoms with Gasteiger partial charge in [-0.1, -0.05) is 285 Å². The molecule has 0 radical (unpaired) electrons. The van der Waals surface area contributed by atoms with Crippen LogP contribution in [0.15, 0.2) is 373 Å². The van der Waals surface area contributed by atoms with Crippen LogP contribution in [0.1, 0.15) is 0 Å². The van der Waals surface area contributed by atoms with E-state index in [0.29, 0.717) is 35.2 Å². The lowest BCUT2D eigenvalue weighted by Crippen LogP contribution is -2.06. The Kier molecular flexibility index (Phi) is 15.0. The first-order chi connectivity index (χ1) is 52.5. The van der Waals surface area contributed by atoms with Crippen LogP contribution in [-0.4, -0.2) is 39.0 Å². The van der Waals surface area contributed by atoms with Crippen LogP contribution in [0.2, 0.25) is 0 Å². The molecule has 10 nitrogen and oxygen atoms in total. The summed E-state index contributed by atoms with van der Waals surface area (Å²) in [5, 5.41) is 8.98. The van der Waals surface area contributed by atoms with Gasteiger partial charge in [0.05, 0.1) is 22.1 Å². The highest BCUT2D eigenvalue weighted by molar-refractivity contribution is 6.13. The van der Waals surface area contributed by atoms with Crippen LogP contribution >= 0.6 is 0 Å². The molecular weight excluding hydrogens is 1300 g/mol. The van der Waals surface area contributed by atoms with E-state index in [0.717, 1.165) is 160 Å². The zero-order valence-electron chi connectivity index (χ0n) is 57.0. The summed E-state index contributed by atoms with van der Waals surface area (Å²) in [6.07, 6.45) is 0. The van der Waals surface area contributed by atoms with Crippen molar-refractivity contribution in [1.82, 2.24) is 39.0 Å². The summed E-state index contributed by atoms with van der Waals surface area (Å²) < 4.78 is 16.6. The van der Waals surface area contributed by atoms with Gasteiger partial charge in [0.1, 0.15) is 22.3 Å². The van der Waals surface area contributed by atoms with E-state index in [1.807, 2.05) is 72.8 Å². The molecule has 0 aliphatic heterocycles. The number of benzene rings is 15. The SMILES string of the molecule is c1ccc(-c2ccc(-c3nc(-c4cccc(-c5ccccc5)c4)nc(-n4c5ccccc5c5cc(-c6ccc7oc8ccccc8c7c6)ccc54)n3)cc2)cc1.c1ccc(-c2ccc(-c3nc(-c4ccccc4)nc(-n4c5ccccc5c5cc(-c6ccc7oc8ccccc8c7c6)ccc54)n3)cc2)cc1. The molecule has 21 rings (SSSR count). The second-order valence-electron chi connectivity index (χ2n) is 26.6. The maximum Gasteiger partial charge on any atom is 0.238 e. The first kappa shape index (κ1) is 61.4. The molecule has 0 amide bonds. The smallest absolute Gasteiger partial charge is 0.238 e. The molecule has 0 fully saturated rings. The molecule has 0 spiro atoms. The van der Waals surface area contributed by atoms with Gasteiger partial charge < -0.3 is 8.83 Å². The summed E-state index contributed by atoms with van der Waals surface area (Å²) in [5.74, 6) is 3.60. The van der Waals surface area contributed by atoms with E-state index in [2.05, 4.69) is 300 Å². The number of rotatable bonds is 11. The van der Waals surface area contributed by atoms with Gasteiger partial charge in [-0.25, -0.2) is 9.97 Å². The van der Waals surface area contributed by atoms with Crippen molar-refractivity contribution in [1.29, 1.82) is 0 Å². The summed E-state index contributed by atoms with van der Waals surface area (Å²) in [5.41, 5.74) is 22.7. The Morgan fingerprint density at radius 2 is 0.425 bits per heavy atom. The molecule has 496 valence electrons. The average Bonchev–Trinajstić information content (AvgIpc) is 1.61. The van der Waals surface area contributed by atoms with Gasteiger partial charge in [-0.2, -0.15) is 19.9 Å². The van der Waals surface area contributed by atoms with Crippen LogP contribution < -0.4 is 0 Å². The number of hydrogen-bond donors (Lipinski definition) is 0. The van der Waals surface area contributed by atoms with Crippen LogP contribution in [0, 0.1) is 0 Å². The molecule has 106 heavy (non-hydrogen) atoms. The predicted octanol–water partition coefficient (Wildman–Crippen LogP) is 24.7. The number of hydrogen-bond acceptors (Lipinski definition) is 8. The molecule has 0 unspecified atom stereocenters. The molecule has 15 aromatic carbocycles. The van der Waals surface area contributed by atoms with Crippen LogP contribution in [0.5, 0.6) is 0 Å². The largest absolute Gasteiger partial charge is 0.456 e. The number of para-hydroxylation sites is 4. The highest BCUT2D eigenvalue weighted by atomic mass is 16.3. The molecule has 0 N–H and O–H groups in total. The first-order valence-electron chi connectivity index (χ1n) is 35.5. The van der Waals surface area contributed by atoms with Crippen molar-refractivity contribution >= 4 is 87.5 Å². The average molecular weight is 1360 g/mol. The van der Waals surface area contributed by atoms with Crippen LogP contribution in [-0.2, 0) is 0 Å². The summed E-state index contributed by atoms with van der Waals surface area (Å²) in [4.78, 5) is 30.8. The number of aromatic nitrogens is 8. The van der Waals surface area contributed by atoms with Crippen LogP contribution in [0.25, 0.3) is 201 Å². The number of furan rings is 2. The Hall–Kier alpha value is -14.5. The minimum absolute atomic E-state index is 0.562. The van der Waals surface area contributed by atoms with Gasteiger partial charge in [0.15, 0.2) is 23.3 Å². The summed E-state index contributed by atoms with van der Waals surface area (Å²) >= 11 is 0. The van der Waals surface area contributed by atoms with Crippen molar-refractivity contribution in [2.45, 2.75) is 0 Å². The topological polar surface area (TPSA) is 113 Å². The first-order valence-corrected chi connectivity index (χ1v) is 35.5. The van der Waals surface area contributed by atoms with Crippen molar-refractivity contribution in [2.75, 3.05) is 0 Å². The Bertz CT molecular complexity index is 6930. The van der Waals surface area contributed by atoms with Gasteiger partial charge in [-0.3, -0.25) is 9.13 Å². The second-order valence-corrected chi connectivity index (χ2v) is 26.6. The maximum absolute atomic E-state index is 6.14. The van der Waals surface area contributed by atoms with Gasteiger partial charge in [0.2, 0.25) is 11.9 Å². The summed E-state index contributed by atoms with van der Waals surface area (Å²) in [6, 6.07) is 126. The maximum atomic E-state index is 6.14. The number of nitrogens with zero attached hydrogens (tertiary/aromatic N) is 8. The Morgan fingerprint density at radius 3 is 0.858 bits per heavy atom. The van der Waals surface area contributed by atoms with Gasteiger partial charge in [-0.05, 0) is 134 Å². The molecule has 10 heteroatoms. The Labute approximate surface area is 608 Å². The standard InChI is InChI=1S/C51H32N4O.C45H28N4O/c1-3-12-33(13-4-1)35-22-24-36(25-23-35)49-52-50(40-17-11-16-37(30-40)34-14-5-2-6-15-34)54-51(53-49)55-45-20-9-7-18-41(45)43-31-38(26-28-46(43)55)39-27-29-48-44(32-39)42-19-8-10-21-47(42)56-48;1-3-11-29(12-4-1)30-19-21-32(22-20-30)44-46-43(31-13-5-2-6-14-31)47-45(48-44)49-39-17-9-7-15-35(39)37-27-33(23-25-40(37)49)34-24-26-42-38(28-34)36-16-8-10-18-41(36)50-42/h1-32H;1-28H. The van der Waals surface area contributed by atoms with E-state index in [1.165, 1.54) is 5.56 Å². The van der Waals surface area contributed by atoms with Crippen molar-refractivity contribution in [3.63, 3.8) is 0 Å². The minimum atomic E-state index is 0.562. The van der Waals surface area contributed by atoms with Gasteiger partial charge in [-0.15, -0.1) is 0 Å². The molecule has 0 aliphatic rings. The van der Waals surface area contributed by atoms with E-state index in [1.54, 1.807) is 0 Å². The van der Waals surface area contributed by atoms with E-state index >= 15 is 0 Å². The Morgan fingerprint density at radius 1 is 0.160 bits per heavy atom. The molecule has 0 saturated carbocycles. The highest BCUT2D eigenvalue weighted by Gasteiger charge is 2.23. The summed E-state index contributed by atoms with van der Waals surface area (Å²) in [6.45, 7) is 0. The third-order valence-electron chi connectivity index (χ3n) is 20.2. The molecular formula is C96H60N8O2. The molecule has 21 aromatic rings. The quantitative estimate of drug-likeness (QED) is 0.126. The Balaban J connectivity index is 0.000000141.